The van der Waals surface area contributed by atoms with E-state index in [1.54, 1.807) is 6.07 Å². The van der Waals surface area contributed by atoms with E-state index in [-0.39, 0.29) is 11.5 Å². The third kappa shape index (κ3) is 4.71. The average Bonchev–Trinajstić information content (AvgIpc) is 3.42. The topological polar surface area (TPSA) is 108 Å². The zero-order valence-corrected chi connectivity index (χ0v) is 18.8. The largest absolute Gasteiger partial charge is 0.441 e. The Morgan fingerprint density at radius 2 is 2.03 bits per heavy atom. The number of nitrogens with zero attached hydrogens (tertiary/aromatic N) is 2. The van der Waals surface area contributed by atoms with Crippen molar-refractivity contribution in [1.82, 2.24) is 5.32 Å². The summed E-state index contributed by atoms with van der Waals surface area (Å²) in [6, 6.07) is 5.51. The van der Waals surface area contributed by atoms with Crippen molar-refractivity contribution < 1.29 is 18.7 Å². The Bertz CT molecular complexity index is 1070. The number of ether oxygens (including phenoxy) is 1. The molecule has 0 atom stereocenters. The van der Waals surface area contributed by atoms with Crippen LogP contribution in [-0.2, 0) is 22.4 Å². The summed E-state index contributed by atoms with van der Waals surface area (Å²) in [6.07, 6.45) is 5.25. The van der Waals surface area contributed by atoms with Crippen LogP contribution in [0.4, 0.5) is 10.9 Å². The molecule has 32 heavy (non-hydrogen) atoms. The Labute approximate surface area is 190 Å². The van der Waals surface area contributed by atoms with Crippen molar-refractivity contribution in [3.05, 3.63) is 39.5 Å². The number of amides is 2. The number of hydrogen-bond acceptors (Lipinski definition) is 7. The molecule has 2 aliphatic rings. The summed E-state index contributed by atoms with van der Waals surface area (Å²) in [5, 5.41) is 15.7. The lowest BCUT2D eigenvalue weighted by Gasteiger charge is -2.26. The van der Waals surface area contributed by atoms with Crippen LogP contribution in [-0.4, -0.2) is 44.7 Å². The van der Waals surface area contributed by atoms with E-state index in [0.29, 0.717) is 42.0 Å². The van der Waals surface area contributed by atoms with Crippen LogP contribution in [0.5, 0.6) is 0 Å². The fourth-order valence-electron chi connectivity index (χ4n) is 3.98. The molecule has 2 amide bonds. The molecular weight excluding hydrogens is 428 g/mol. The standard InChI is InChI=1S/C23H26N4O4S/c1-2-25-22(29)20-17-5-3-4-6-18(17)32-23(20)26-21(28)15(14-24)13-16-7-8-19(31-16)27-9-11-30-12-10-27/h7-8,13H,2-6,9-12H2,1H3,(H,25,29)(H,26,28)/b15-13-. The Morgan fingerprint density at radius 1 is 1.25 bits per heavy atom. The van der Waals surface area contributed by atoms with Gasteiger partial charge in [-0.15, -0.1) is 11.3 Å². The molecule has 2 N–H and O–H groups in total. The van der Waals surface area contributed by atoms with Gasteiger partial charge in [0.15, 0.2) is 5.88 Å². The third-order valence-electron chi connectivity index (χ3n) is 5.55. The number of nitrogens with one attached hydrogen (secondary N) is 2. The average molecular weight is 455 g/mol. The van der Waals surface area contributed by atoms with Crippen LogP contribution in [0, 0.1) is 11.3 Å². The van der Waals surface area contributed by atoms with Crippen LogP contribution in [0.15, 0.2) is 22.1 Å². The molecular formula is C23H26N4O4S. The second-order valence-electron chi connectivity index (χ2n) is 7.67. The molecule has 9 heteroatoms. The van der Waals surface area contributed by atoms with Crippen molar-refractivity contribution >= 4 is 40.1 Å². The Balaban J connectivity index is 1.55. The lowest BCUT2D eigenvalue weighted by Crippen LogP contribution is -2.35. The van der Waals surface area contributed by atoms with Gasteiger partial charge in [-0.05, 0) is 44.2 Å². The van der Waals surface area contributed by atoms with Gasteiger partial charge in [0.05, 0.1) is 18.8 Å². The van der Waals surface area contributed by atoms with Gasteiger partial charge in [0.1, 0.15) is 22.4 Å². The molecule has 0 aromatic carbocycles. The van der Waals surface area contributed by atoms with E-state index in [4.69, 9.17) is 9.15 Å². The lowest BCUT2D eigenvalue weighted by molar-refractivity contribution is -0.112. The minimum Gasteiger partial charge on any atom is -0.441 e. The summed E-state index contributed by atoms with van der Waals surface area (Å²) >= 11 is 1.43. The van der Waals surface area contributed by atoms with E-state index in [2.05, 4.69) is 15.5 Å². The molecule has 1 saturated heterocycles. The number of rotatable bonds is 6. The molecule has 1 fully saturated rings. The van der Waals surface area contributed by atoms with Crippen LogP contribution in [0.2, 0.25) is 0 Å². The molecule has 3 heterocycles. The summed E-state index contributed by atoms with van der Waals surface area (Å²) in [7, 11) is 0. The first-order chi connectivity index (χ1) is 15.6. The Hall–Kier alpha value is -3.09. The van der Waals surface area contributed by atoms with Gasteiger partial charge in [0.2, 0.25) is 0 Å². The zero-order chi connectivity index (χ0) is 22.5. The molecule has 0 spiro atoms. The summed E-state index contributed by atoms with van der Waals surface area (Å²) in [5.74, 6) is 0.362. The molecule has 4 rings (SSSR count). The van der Waals surface area contributed by atoms with Crippen LogP contribution in [0.25, 0.3) is 6.08 Å². The summed E-state index contributed by atoms with van der Waals surface area (Å²) < 4.78 is 11.2. The van der Waals surface area contributed by atoms with Crippen LogP contribution in [0.3, 0.4) is 0 Å². The molecule has 2 aromatic rings. The van der Waals surface area contributed by atoms with Gasteiger partial charge in [0, 0.05) is 36.7 Å². The van der Waals surface area contributed by atoms with Gasteiger partial charge >= 0.3 is 0 Å². The second-order valence-corrected chi connectivity index (χ2v) is 8.78. The smallest absolute Gasteiger partial charge is 0.267 e. The highest BCUT2D eigenvalue weighted by atomic mass is 32.1. The summed E-state index contributed by atoms with van der Waals surface area (Å²) in [4.78, 5) is 28.8. The van der Waals surface area contributed by atoms with E-state index < -0.39 is 5.91 Å². The zero-order valence-electron chi connectivity index (χ0n) is 18.0. The predicted octanol–water partition coefficient (Wildman–Crippen LogP) is 3.35. The molecule has 0 radical (unpaired) electrons. The SMILES string of the molecule is CCNC(=O)c1c(NC(=O)/C(C#N)=C\c2ccc(N3CCOCC3)o2)sc2c1CCCC2. The highest BCUT2D eigenvalue weighted by Gasteiger charge is 2.27. The van der Waals surface area contributed by atoms with E-state index in [1.807, 2.05) is 19.1 Å². The van der Waals surface area contributed by atoms with E-state index in [0.717, 1.165) is 49.2 Å². The molecule has 2 aromatic heterocycles. The van der Waals surface area contributed by atoms with Crippen molar-refractivity contribution in [3.8, 4) is 6.07 Å². The van der Waals surface area contributed by atoms with Gasteiger partial charge in [-0.3, -0.25) is 9.59 Å². The molecule has 8 nitrogen and oxygen atoms in total. The van der Waals surface area contributed by atoms with Crippen LogP contribution in [0.1, 0.15) is 46.3 Å². The van der Waals surface area contributed by atoms with Crippen molar-refractivity contribution in [3.63, 3.8) is 0 Å². The number of carbonyl (C=O) groups excluding carboxylic acids is 2. The first-order valence-electron chi connectivity index (χ1n) is 10.9. The fourth-order valence-corrected chi connectivity index (χ4v) is 5.26. The molecule has 168 valence electrons. The number of nitriles is 1. The number of aryl methyl sites for hydroxylation is 1. The van der Waals surface area contributed by atoms with Crippen molar-refractivity contribution in [2.24, 2.45) is 0 Å². The number of furan rings is 1. The van der Waals surface area contributed by atoms with Gasteiger partial charge in [-0.1, -0.05) is 0 Å². The summed E-state index contributed by atoms with van der Waals surface area (Å²) in [6.45, 7) is 5.10. The number of anilines is 2. The van der Waals surface area contributed by atoms with Crippen molar-refractivity contribution in [1.29, 1.82) is 5.26 Å². The monoisotopic (exact) mass is 454 g/mol. The number of hydrogen-bond donors (Lipinski definition) is 2. The minimum atomic E-state index is -0.555. The quantitative estimate of drug-likeness (QED) is 0.512. The van der Waals surface area contributed by atoms with Crippen molar-refractivity contribution in [2.45, 2.75) is 32.6 Å². The highest BCUT2D eigenvalue weighted by Crippen LogP contribution is 2.38. The third-order valence-corrected chi connectivity index (χ3v) is 6.76. The van der Waals surface area contributed by atoms with E-state index in [1.165, 1.54) is 17.4 Å². The number of fused-ring (bicyclic) bond motifs is 1. The van der Waals surface area contributed by atoms with Gasteiger partial charge < -0.3 is 24.7 Å². The first kappa shape index (κ1) is 22.1. The number of morpholine rings is 1. The van der Waals surface area contributed by atoms with Gasteiger partial charge in [-0.25, -0.2) is 0 Å². The number of carbonyl (C=O) groups is 2. The minimum absolute atomic E-state index is 0.0823. The van der Waals surface area contributed by atoms with Gasteiger partial charge in [-0.2, -0.15) is 5.26 Å². The first-order valence-corrected chi connectivity index (χ1v) is 11.7. The molecule has 0 saturated carbocycles. The Kier molecular flexibility index (Phi) is 6.93. The maximum atomic E-state index is 12.9. The molecule has 0 unspecified atom stereocenters. The number of thiophene rings is 1. The predicted molar refractivity (Wildman–Crippen MR) is 123 cm³/mol. The second kappa shape index (κ2) is 10.0. The van der Waals surface area contributed by atoms with E-state index >= 15 is 0 Å². The van der Waals surface area contributed by atoms with Crippen LogP contribution >= 0.6 is 11.3 Å². The van der Waals surface area contributed by atoms with Crippen molar-refractivity contribution in [2.75, 3.05) is 43.1 Å². The fraction of sp³-hybridized carbons (Fsp3) is 0.435. The maximum Gasteiger partial charge on any atom is 0.267 e. The lowest BCUT2D eigenvalue weighted by atomic mass is 9.95. The maximum absolute atomic E-state index is 12.9. The van der Waals surface area contributed by atoms with E-state index in [9.17, 15) is 14.9 Å². The van der Waals surface area contributed by atoms with Gasteiger partial charge in [0.25, 0.3) is 11.8 Å². The summed E-state index contributed by atoms with van der Waals surface area (Å²) in [5.41, 5.74) is 1.47. The Morgan fingerprint density at radius 3 is 2.78 bits per heavy atom. The van der Waals surface area contributed by atoms with Crippen LogP contribution < -0.4 is 15.5 Å². The molecule has 1 aliphatic carbocycles. The molecule has 0 bridgehead atoms. The normalized spacial score (nSPS) is 16.2. The highest BCUT2D eigenvalue weighted by molar-refractivity contribution is 7.17. The molecule has 1 aliphatic heterocycles.